The summed E-state index contributed by atoms with van der Waals surface area (Å²) in [5.41, 5.74) is 0.0345. The first-order valence-corrected chi connectivity index (χ1v) is 10.7. The van der Waals surface area contributed by atoms with Crippen molar-refractivity contribution in [2.24, 2.45) is 0 Å². The average molecular weight is 376 g/mol. The number of fused-ring (bicyclic) bond motifs is 1. The van der Waals surface area contributed by atoms with Gasteiger partial charge in [-0.15, -0.1) is 10.2 Å². The lowest BCUT2D eigenvalue weighted by Crippen LogP contribution is -2.47. The Labute approximate surface area is 161 Å². The fourth-order valence-corrected chi connectivity index (χ4v) is 4.79. The minimum atomic E-state index is -0.116. The van der Waals surface area contributed by atoms with Crippen molar-refractivity contribution in [3.8, 4) is 0 Å². The molecule has 1 N–H and O–H groups in total. The van der Waals surface area contributed by atoms with Gasteiger partial charge in [-0.2, -0.15) is 0 Å². The third kappa shape index (κ3) is 4.04. The van der Waals surface area contributed by atoms with Crippen molar-refractivity contribution in [3.63, 3.8) is 0 Å². The summed E-state index contributed by atoms with van der Waals surface area (Å²) in [6.07, 6.45) is 8.80. The Morgan fingerprint density at radius 2 is 2.00 bits per heavy atom. The Balaban J connectivity index is 1.29. The number of aryl methyl sites for hydroxylation is 1. The molecule has 0 aromatic carbocycles. The normalized spacial score (nSPS) is 25.5. The number of nitrogens with one attached hydrogen (secondary N) is 1. The van der Waals surface area contributed by atoms with Gasteiger partial charge in [0.15, 0.2) is 0 Å². The van der Waals surface area contributed by atoms with Crippen LogP contribution in [0.15, 0.2) is 0 Å². The summed E-state index contributed by atoms with van der Waals surface area (Å²) in [5.74, 6) is 1.30. The standard InChI is InChI=1S/C20H33N5O2/c1-15(2)24-12-9-20(10-13-24)8-7-16(27-20)14-21-19(26)18-23-22-17-6-4-3-5-11-25(17)18/h15-16H,3-14H2,1-2H3,(H,21,26)/t16-/m1/s1. The molecule has 7 nitrogen and oxygen atoms in total. The number of piperidine rings is 1. The number of carbonyl (C=O) groups excluding carboxylic acids is 1. The molecule has 1 aromatic heterocycles. The average Bonchev–Trinajstić information content (AvgIpc) is 3.17. The van der Waals surface area contributed by atoms with E-state index in [1.54, 1.807) is 0 Å². The number of carbonyl (C=O) groups is 1. The van der Waals surface area contributed by atoms with Crippen molar-refractivity contribution in [2.75, 3.05) is 19.6 Å². The minimum Gasteiger partial charge on any atom is -0.370 e. The SMILES string of the molecule is CC(C)N1CCC2(CC[C@H](CNC(=O)c3nnc4n3CCCCC4)O2)CC1. The van der Waals surface area contributed by atoms with Gasteiger partial charge in [-0.3, -0.25) is 4.79 Å². The second-order valence-corrected chi connectivity index (χ2v) is 8.70. The monoisotopic (exact) mass is 375 g/mol. The molecule has 1 spiro atoms. The van der Waals surface area contributed by atoms with Crippen molar-refractivity contribution in [1.29, 1.82) is 0 Å². The number of hydrogen-bond donors (Lipinski definition) is 1. The van der Waals surface area contributed by atoms with Gasteiger partial charge in [-0.1, -0.05) is 6.42 Å². The third-order valence-corrected chi connectivity index (χ3v) is 6.58. The topological polar surface area (TPSA) is 72.3 Å². The van der Waals surface area contributed by atoms with Gasteiger partial charge in [0.1, 0.15) is 5.82 Å². The van der Waals surface area contributed by atoms with Crippen LogP contribution in [0.1, 0.15) is 75.2 Å². The van der Waals surface area contributed by atoms with Crippen molar-refractivity contribution in [2.45, 2.75) is 89.5 Å². The molecule has 0 radical (unpaired) electrons. The molecule has 0 saturated carbocycles. The number of nitrogens with zero attached hydrogens (tertiary/aromatic N) is 4. The van der Waals surface area contributed by atoms with Gasteiger partial charge in [-0.05, 0) is 52.4 Å². The molecule has 0 unspecified atom stereocenters. The lowest BCUT2D eigenvalue weighted by molar-refractivity contribution is -0.0788. The highest BCUT2D eigenvalue weighted by Crippen LogP contribution is 2.39. The van der Waals surface area contributed by atoms with Crippen LogP contribution in [0, 0.1) is 0 Å². The summed E-state index contributed by atoms with van der Waals surface area (Å²) in [6.45, 7) is 8.16. The van der Waals surface area contributed by atoms with Crippen LogP contribution in [-0.4, -0.2) is 63.0 Å². The molecule has 1 aromatic rings. The van der Waals surface area contributed by atoms with E-state index >= 15 is 0 Å². The number of hydrogen-bond acceptors (Lipinski definition) is 5. The van der Waals surface area contributed by atoms with Crippen LogP contribution in [-0.2, 0) is 17.7 Å². The first kappa shape index (κ1) is 18.9. The van der Waals surface area contributed by atoms with Crippen molar-refractivity contribution < 1.29 is 9.53 Å². The third-order valence-electron chi connectivity index (χ3n) is 6.58. The van der Waals surface area contributed by atoms with Crippen LogP contribution >= 0.6 is 0 Å². The fraction of sp³-hybridized carbons (Fsp3) is 0.850. The van der Waals surface area contributed by atoms with Gasteiger partial charge in [0.25, 0.3) is 5.91 Å². The number of rotatable bonds is 4. The second-order valence-electron chi connectivity index (χ2n) is 8.70. The van der Waals surface area contributed by atoms with E-state index in [2.05, 4.69) is 34.3 Å². The number of amides is 1. The number of likely N-dealkylation sites (tertiary alicyclic amines) is 1. The zero-order valence-electron chi connectivity index (χ0n) is 16.7. The highest BCUT2D eigenvalue weighted by atomic mass is 16.5. The second kappa shape index (κ2) is 7.87. The van der Waals surface area contributed by atoms with E-state index in [4.69, 9.17) is 4.74 Å². The smallest absolute Gasteiger partial charge is 0.289 e. The predicted molar refractivity (Wildman–Crippen MR) is 103 cm³/mol. The van der Waals surface area contributed by atoms with E-state index in [0.717, 1.165) is 70.4 Å². The quantitative estimate of drug-likeness (QED) is 0.873. The molecule has 0 bridgehead atoms. The Bertz CT molecular complexity index is 663. The van der Waals surface area contributed by atoms with Crippen molar-refractivity contribution in [3.05, 3.63) is 11.6 Å². The summed E-state index contributed by atoms with van der Waals surface area (Å²) < 4.78 is 8.44. The van der Waals surface area contributed by atoms with Crippen LogP contribution in [0.4, 0.5) is 0 Å². The molecule has 7 heteroatoms. The molecular formula is C20H33N5O2. The van der Waals surface area contributed by atoms with Gasteiger partial charge in [-0.25, -0.2) is 0 Å². The number of ether oxygens (including phenoxy) is 1. The lowest BCUT2D eigenvalue weighted by atomic mass is 9.88. The first-order valence-electron chi connectivity index (χ1n) is 10.7. The van der Waals surface area contributed by atoms with Crippen LogP contribution < -0.4 is 5.32 Å². The van der Waals surface area contributed by atoms with E-state index in [1.165, 1.54) is 6.42 Å². The Morgan fingerprint density at radius 1 is 1.19 bits per heavy atom. The molecule has 3 aliphatic rings. The summed E-state index contributed by atoms with van der Waals surface area (Å²) in [7, 11) is 0. The van der Waals surface area contributed by atoms with E-state index in [-0.39, 0.29) is 17.6 Å². The molecule has 4 heterocycles. The molecule has 27 heavy (non-hydrogen) atoms. The summed E-state index contributed by atoms with van der Waals surface area (Å²) >= 11 is 0. The molecule has 2 fully saturated rings. The fourth-order valence-electron chi connectivity index (χ4n) is 4.79. The van der Waals surface area contributed by atoms with Gasteiger partial charge in [0.05, 0.1) is 11.7 Å². The van der Waals surface area contributed by atoms with Crippen LogP contribution in [0.2, 0.25) is 0 Å². The zero-order valence-corrected chi connectivity index (χ0v) is 16.7. The summed E-state index contributed by atoms with van der Waals surface area (Å²) in [4.78, 5) is 15.2. The van der Waals surface area contributed by atoms with E-state index < -0.39 is 0 Å². The largest absolute Gasteiger partial charge is 0.370 e. The number of aromatic nitrogens is 3. The van der Waals surface area contributed by atoms with E-state index in [0.29, 0.717) is 18.4 Å². The molecule has 1 atom stereocenters. The van der Waals surface area contributed by atoms with Crippen LogP contribution in [0.5, 0.6) is 0 Å². The predicted octanol–water partition coefficient (Wildman–Crippen LogP) is 2.16. The van der Waals surface area contributed by atoms with Crippen LogP contribution in [0.3, 0.4) is 0 Å². The molecule has 2 saturated heterocycles. The van der Waals surface area contributed by atoms with Gasteiger partial charge >= 0.3 is 0 Å². The summed E-state index contributed by atoms with van der Waals surface area (Å²) in [6, 6.07) is 0.608. The Kier molecular flexibility index (Phi) is 5.50. The lowest BCUT2D eigenvalue weighted by Gasteiger charge is -2.40. The zero-order chi connectivity index (χ0) is 18.9. The first-order chi connectivity index (χ1) is 13.1. The molecular weight excluding hydrogens is 342 g/mol. The maximum absolute atomic E-state index is 12.6. The van der Waals surface area contributed by atoms with Gasteiger partial charge < -0.3 is 19.5 Å². The van der Waals surface area contributed by atoms with Crippen molar-refractivity contribution in [1.82, 2.24) is 25.0 Å². The van der Waals surface area contributed by atoms with E-state index in [1.807, 2.05) is 4.57 Å². The Morgan fingerprint density at radius 3 is 2.78 bits per heavy atom. The highest BCUT2D eigenvalue weighted by Gasteiger charge is 2.42. The van der Waals surface area contributed by atoms with Gasteiger partial charge in [0.2, 0.25) is 5.82 Å². The molecule has 150 valence electrons. The van der Waals surface area contributed by atoms with Crippen molar-refractivity contribution >= 4 is 5.91 Å². The molecule has 4 rings (SSSR count). The maximum atomic E-state index is 12.6. The molecule has 0 aliphatic carbocycles. The Hall–Kier alpha value is -1.47. The highest BCUT2D eigenvalue weighted by molar-refractivity contribution is 5.90. The maximum Gasteiger partial charge on any atom is 0.289 e. The minimum absolute atomic E-state index is 0.0345. The molecule has 1 amide bonds. The van der Waals surface area contributed by atoms with Crippen LogP contribution in [0.25, 0.3) is 0 Å². The summed E-state index contributed by atoms with van der Waals surface area (Å²) in [5, 5.41) is 11.4. The molecule has 3 aliphatic heterocycles. The van der Waals surface area contributed by atoms with Gasteiger partial charge in [0, 0.05) is 38.6 Å². The van der Waals surface area contributed by atoms with E-state index in [9.17, 15) is 4.79 Å².